The maximum Gasteiger partial charge on any atom is 0.0892 e. The Morgan fingerprint density at radius 1 is 1.28 bits per heavy atom. The first-order valence-electron chi connectivity index (χ1n) is 6.78. The van der Waals surface area contributed by atoms with E-state index in [1.807, 2.05) is 23.1 Å². The molecular formula is C14H20N4. The highest BCUT2D eigenvalue weighted by molar-refractivity contribution is 5.53. The third-order valence-electron chi connectivity index (χ3n) is 4.28. The van der Waals surface area contributed by atoms with Gasteiger partial charge in [-0.2, -0.15) is 5.10 Å². The van der Waals surface area contributed by atoms with Gasteiger partial charge in [0.25, 0.3) is 0 Å². The summed E-state index contributed by atoms with van der Waals surface area (Å²) in [7, 11) is 0. The van der Waals surface area contributed by atoms with E-state index in [1.54, 1.807) is 6.20 Å². The number of rotatable bonds is 2. The lowest BCUT2D eigenvalue weighted by atomic mass is 9.78. The summed E-state index contributed by atoms with van der Waals surface area (Å²) in [5.41, 5.74) is 8.63. The van der Waals surface area contributed by atoms with Crippen LogP contribution in [-0.2, 0) is 0 Å². The van der Waals surface area contributed by atoms with E-state index in [4.69, 9.17) is 5.73 Å². The minimum Gasteiger partial charge on any atom is -0.324 e. The average molecular weight is 244 g/mol. The lowest BCUT2D eigenvalue weighted by Gasteiger charge is -2.30. The number of hydrogen-bond acceptors (Lipinski definition) is 3. The van der Waals surface area contributed by atoms with Crippen LogP contribution < -0.4 is 5.73 Å². The fraction of sp³-hybridized carbons (Fsp3) is 0.571. The van der Waals surface area contributed by atoms with Crippen molar-refractivity contribution in [3.05, 3.63) is 30.4 Å². The number of nitrogens with two attached hydrogens (primary N) is 1. The molecule has 1 unspecified atom stereocenters. The van der Waals surface area contributed by atoms with Gasteiger partial charge in [-0.1, -0.05) is 19.8 Å². The summed E-state index contributed by atoms with van der Waals surface area (Å²) in [6.07, 6.45) is 12.4. The molecule has 18 heavy (non-hydrogen) atoms. The summed E-state index contributed by atoms with van der Waals surface area (Å²) in [6.45, 7) is 2.33. The summed E-state index contributed by atoms with van der Waals surface area (Å²) in [5.74, 6) is 1.45. The zero-order valence-corrected chi connectivity index (χ0v) is 10.8. The maximum absolute atomic E-state index is 6.44. The molecule has 0 amide bonds. The van der Waals surface area contributed by atoms with Crippen molar-refractivity contribution in [2.75, 3.05) is 0 Å². The predicted molar refractivity (Wildman–Crippen MR) is 71.0 cm³/mol. The molecule has 1 atom stereocenters. The van der Waals surface area contributed by atoms with Crippen molar-refractivity contribution in [2.24, 2.45) is 17.6 Å². The van der Waals surface area contributed by atoms with Gasteiger partial charge in [-0.3, -0.25) is 4.98 Å². The van der Waals surface area contributed by atoms with Crippen molar-refractivity contribution < 1.29 is 0 Å². The molecule has 1 fully saturated rings. The van der Waals surface area contributed by atoms with Crippen LogP contribution in [0.4, 0.5) is 0 Å². The van der Waals surface area contributed by atoms with Gasteiger partial charge in [0.1, 0.15) is 0 Å². The Balaban J connectivity index is 1.85. The normalized spacial score (nSPS) is 26.3. The van der Waals surface area contributed by atoms with Crippen LogP contribution in [0.1, 0.15) is 44.2 Å². The SMILES string of the molecule is CC1CCC(C(N)c2cnn3ccncc23)CC1. The lowest BCUT2D eigenvalue weighted by molar-refractivity contribution is 0.257. The van der Waals surface area contributed by atoms with Crippen LogP contribution in [-0.4, -0.2) is 14.6 Å². The predicted octanol–water partition coefficient (Wildman–Crippen LogP) is 2.56. The molecule has 96 valence electrons. The molecule has 0 saturated heterocycles. The van der Waals surface area contributed by atoms with Gasteiger partial charge in [0.15, 0.2) is 0 Å². The van der Waals surface area contributed by atoms with Crippen LogP contribution in [0.2, 0.25) is 0 Å². The highest BCUT2D eigenvalue weighted by atomic mass is 15.2. The molecule has 2 aromatic rings. The van der Waals surface area contributed by atoms with Crippen LogP contribution in [0.5, 0.6) is 0 Å². The number of hydrogen-bond donors (Lipinski definition) is 1. The Bertz CT molecular complexity index is 525. The molecule has 1 aliphatic rings. The average Bonchev–Trinajstić information content (AvgIpc) is 2.82. The van der Waals surface area contributed by atoms with E-state index >= 15 is 0 Å². The zero-order valence-electron chi connectivity index (χ0n) is 10.8. The van der Waals surface area contributed by atoms with Crippen LogP contribution in [0, 0.1) is 11.8 Å². The van der Waals surface area contributed by atoms with E-state index in [0.717, 1.165) is 17.0 Å². The largest absolute Gasteiger partial charge is 0.324 e. The van der Waals surface area contributed by atoms with Crippen LogP contribution in [0.3, 0.4) is 0 Å². The lowest BCUT2D eigenvalue weighted by Crippen LogP contribution is -2.25. The van der Waals surface area contributed by atoms with Crippen molar-refractivity contribution in [3.63, 3.8) is 0 Å². The number of aromatic nitrogens is 3. The molecule has 2 aromatic heterocycles. The smallest absolute Gasteiger partial charge is 0.0892 e. The first-order chi connectivity index (χ1) is 8.75. The maximum atomic E-state index is 6.44. The van der Waals surface area contributed by atoms with E-state index in [-0.39, 0.29) is 6.04 Å². The van der Waals surface area contributed by atoms with E-state index < -0.39 is 0 Å². The molecule has 0 radical (unpaired) electrons. The van der Waals surface area contributed by atoms with Crippen molar-refractivity contribution in [1.82, 2.24) is 14.6 Å². The topological polar surface area (TPSA) is 56.2 Å². The Morgan fingerprint density at radius 3 is 2.83 bits per heavy atom. The van der Waals surface area contributed by atoms with Gasteiger partial charge in [-0.15, -0.1) is 0 Å². The summed E-state index contributed by atoms with van der Waals surface area (Å²) in [6, 6.07) is 0.0965. The molecular weight excluding hydrogens is 224 g/mol. The second-order valence-corrected chi connectivity index (χ2v) is 5.55. The van der Waals surface area contributed by atoms with Gasteiger partial charge in [0.2, 0.25) is 0 Å². The molecule has 3 rings (SSSR count). The first-order valence-corrected chi connectivity index (χ1v) is 6.78. The summed E-state index contributed by atoms with van der Waals surface area (Å²) >= 11 is 0. The quantitative estimate of drug-likeness (QED) is 0.883. The van der Waals surface area contributed by atoms with E-state index in [1.165, 1.54) is 25.7 Å². The minimum atomic E-state index is 0.0965. The molecule has 4 nitrogen and oxygen atoms in total. The summed E-state index contributed by atoms with van der Waals surface area (Å²) < 4.78 is 1.85. The standard InChI is InChI=1S/C14H20N4/c1-10-2-4-11(5-3-10)14(15)12-8-17-18-7-6-16-9-13(12)18/h6-11,14H,2-5,15H2,1H3. The summed E-state index contributed by atoms with van der Waals surface area (Å²) in [4.78, 5) is 4.17. The third kappa shape index (κ3) is 2.01. The van der Waals surface area contributed by atoms with Gasteiger partial charge in [0, 0.05) is 24.0 Å². The number of nitrogens with zero attached hydrogens (tertiary/aromatic N) is 3. The number of fused-ring (bicyclic) bond motifs is 1. The Morgan fingerprint density at radius 2 is 2.06 bits per heavy atom. The Hall–Kier alpha value is -1.42. The highest BCUT2D eigenvalue weighted by Gasteiger charge is 2.26. The van der Waals surface area contributed by atoms with Gasteiger partial charge in [0.05, 0.1) is 17.9 Å². The van der Waals surface area contributed by atoms with Gasteiger partial charge >= 0.3 is 0 Å². The molecule has 0 spiro atoms. The van der Waals surface area contributed by atoms with Gasteiger partial charge in [-0.05, 0) is 24.7 Å². The summed E-state index contributed by atoms with van der Waals surface area (Å²) in [5, 5.41) is 4.35. The van der Waals surface area contributed by atoms with Crippen molar-refractivity contribution in [2.45, 2.75) is 38.6 Å². The van der Waals surface area contributed by atoms with Crippen LogP contribution in [0.15, 0.2) is 24.8 Å². The molecule has 0 bridgehead atoms. The molecule has 4 heteroatoms. The second kappa shape index (κ2) is 4.69. The zero-order chi connectivity index (χ0) is 12.5. The van der Waals surface area contributed by atoms with Gasteiger partial charge < -0.3 is 5.73 Å². The van der Waals surface area contributed by atoms with Crippen molar-refractivity contribution in [3.8, 4) is 0 Å². The molecule has 0 aromatic carbocycles. The third-order valence-corrected chi connectivity index (χ3v) is 4.28. The first kappa shape index (κ1) is 11.7. The molecule has 2 heterocycles. The minimum absolute atomic E-state index is 0.0965. The molecule has 2 N–H and O–H groups in total. The monoisotopic (exact) mass is 244 g/mol. The van der Waals surface area contributed by atoms with E-state index in [0.29, 0.717) is 5.92 Å². The highest BCUT2D eigenvalue weighted by Crippen LogP contribution is 2.36. The Kier molecular flexibility index (Phi) is 3.04. The van der Waals surface area contributed by atoms with Crippen molar-refractivity contribution >= 4 is 5.52 Å². The van der Waals surface area contributed by atoms with E-state index in [9.17, 15) is 0 Å². The fourth-order valence-electron chi connectivity index (χ4n) is 3.01. The van der Waals surface area contributed by atoms with Gasteiger partial charge in [-0.25, -0.2) is 4.52 Å². The van der Waals surface area contributed by atoms with Crippen molar-refractivity contribution in [1.29, 1.82) is 0 Å². The Labute approximate surface area is 107 Å². The molecule has 1 saturated carbocycles. The fourth-order valence-corrected chi connectivity index (χ4v) is 3.01. The van der Waals surface area contributed by atoms with E-state index in [2.05, 4.69) is 17.0 Å². The van der Waals surface area contributed by atoms with Crippen LogP contribution >= 0.6 is 0 Å². The molecule has 1 aliphatic carbocycles. The second-order valence-electron chi connectivity index (χ2n) is 5.55. The van der Waals surface area contributed by atoms with Crippen LogP contribution in [0.25, 0.3) is 5.52 Å². The molecule has 0 aliphatic heterocycles.